The molecule has 8 nitrogen and oxygen atoms in total. The van der Waals surface area contributed by atoms with E-state index in [1.165, 1.54) is 0 Å². The molecule has 0 saturated heterocycles. The number of fused-ring (bicyclic) bond motifs is 6. The number of aromatic nitrogens is 5. The summed E-state index contributed by atoms with van der Waals surface area (Å²) >= 11 is 0. The highest BCUT2D eigenvalue weighted by atomic mass is 15.0. The van der Waals surface area contributed by atoms with Crippen LogP contribution < -0.4 is 0 Å². The van der Waals surface area contributed by atoms with E-state index >= 15 is 0 Å². The summed E-state index contributed by atoms with van der Waals surface area (Å²) in [5, 5.41) is 14.7. The van der Waals surface area contributed by atoms with E-state index in [1.807, 2.05) is 97.1 Å². The van der Waals surface area contributed by atoms with Crippen LogP contribution in [0.4, 0.5) is 11.4 Å². The van der Waals surface area contributed by atoms with E-state index in [4.69, 9.17) is 28.1 Å². The van der Waals surface area contributed by atoms with Gasteiger partial charge in [0.25, 0.3) is 0 Å². The maximum Gasteiger partial charge on any atom is 0.187 e. The molecule has 13 rings (SSSR count). The van der Waals surface area contributed by atoms with Crippen molar-refractivity contribution in [3.8, 4) is 85.0 Å². The number of hydrogen-bond donors (Lipinski definition) is 0. The van der Waals surface area contributed by atoms with E-state index in [1.54, 1.807) is 0 Å². The van der Waals surface area contributed by atoms with Crippen LogP contribution in [-0.4, -0.2) is 24.1 Å². The first-order valence-corrected chi connectivity index (χ1v) is 24.1. The molecule has 3 aromatic heterocycles. The molecule has 0 atom stereocenters. The van der Waals surface area contributed by atoms with E-state index in [2.05, 4.69) is 158 Å². The maximum absolute atomic E-state index is 10.2. The minimum Gasteiger partial charge on any atom is -0.309 e. The van der Waals surface area contributed by atoms with E-state index in [0.29, 0.717) is 34.4 Å². The predicted octanol–water partition coefficient (Wildman–Crippen LogP) is 17.0. The van der Waals surface area contributed by atoms with Crippen LogP contribution in [0.2, 0.25) is 0 Å². The smallest absolute Gasteiger partial charge is 0.187 e. The summed E-state index contributed by atoms with van der Waals surface area (Å²) in [4.78, 5) is 23.8. The van der Waals surface area contributed by atoms with Crippen LogP contribution >= 0.6 is 0 Å². The lowest BCUT2D eigenvalue weighted by atomic mass is 9.96. The molecule has 13 aromatic rings. The van der Waals surface area contributed by atoms with Gasteiger partial charge in [-0.3, -0.25) is 0 Å². The lowest BCUT2D eigenvalue weighted by Gasteiger charge is -2.17. The zero-order valence-corrected chi connectivity index (χ0v) is 39.5. The topological polar surface area (TPSA) is 81.0 Å². The van der Waals surface area contributed by atoms with Gasteiger partial charge in [0.1, 0.15) is 0 Å². The minimum absolute atomic E-state index is 0.432. The average molecular weight is 943 g/mol. The third kappa shape index (κ3) is 7.42. The Morgan fingerprint density at radius 2 is 0.743 bits per heavy atom. The molecule has 0 bridgehead atoms. The molecule has 0 N–H and O–H groups in total. The maximum atomic E-state index is 10.2. The Morgan fingerprint density at radius 3 is 1.22 bits per heavy atom. The van der Waals surface area contributed by atoms with Gasteiger partial charge in [-0.05, 0) is 106 Å². The second kappa shape index (κ2) is 17.9. The Balaban J connectivity index is 1.10. The van der Waals surface area contributed by atoms with Crippen LogP contribution in [0.5, 0.6) is 0 Å². The Labute approximate surface area is 426 Å². The zero-order chi connectivity index (χ0) is 49.7. The number of rotatable bonds is 8. The van der Waals surface area contributed by atoms with Gasteiger partial charge < -0.3 is 9.13 Å². The van der Waals surface area contributed by atoms with Gasteiger partial charge in [-0.2, -0.15) is 5.26 Å². The highest BCUT2D eigenvalue weighted by Gasteiger charge is 2.22. The Bertz CT molecular complexity index is 4190. The van der Waals surface area contributed by atoms with Crippen molar-refractivity contribution in [2.24, 2.45) is 0 Å². The summed E-state index contributed by atoms with van der Waals surface area (Å²) in [6, 6.07) is 79.9. The third-order valence-electron chi connectivity index (χ3n) is 13.8. The van der Waals surface area contributed by atoms with E-state index in [9.17, 15) is 5.26 Å². The molecule has 0 unspecified atom stereocenters. The number of para-hydroxylation sites is 4. The molecule has 0 aliphatic heterocycles. The first-order valence-electron chi connectivity index (χ1n) is 24.1. The van der Waals surface area contributed by atoms with E-state index in [-0.39, 0.29) is 0 Å². The quantitative estimate of drug-likeness (QED) is 0.142. The molecule has 0 saturated carbocycles. The molecule has 74 heavy (non-hydrogen) atoms. The highest BCUT2D eigenvalue weighted by molar-refractivity contribution is 6.10. The van der Waals surface area contributed by atoms with Gasteiger partial charge >= 0.3 is 0 Å². The normalized spacial score (nSPS) is 11.2. The summed E-state index contributed by atoms with van der Waals surface area (Å²) in [5.74, 6) is 1.32. The predicted molar refractivity (Wildman–Crippen MR) is 298 cm³/mol. The molecule has 3 heterocycles. The van der Waals surface area contributed by atoms with Gasteiger partial charge in [0, 0.05) is 49.6 Å². The number of nitriles is 1. The van der Waals surface area contributed by atoms with E-state index in [0.717, 1.165) is 105 Å². The fourth-order valence-electron chi connectivity index (χ4n) is 10.4. The summed E-state index contributed by atoms with van der Waals surface area (Å²) in [6.45, 7) is 15.6. The van der Waals surface area contributed by atoms with Crippen molar-refractivity contribution >= 4 is 55.0 Å². The van der Waals surface area contributed by atoms with Gasteiger partial charge in [-0.1, -0.05) is 158 Å². The monoisotopic (exact) mass is 942 g/mol. The van der Waals surface area contributed by atoms with Gasteiger partial charge in [0.15, 0.2) is 28.8 Å². The third-order valence-corrected chi connectivity index (χ3v) is 13.8. The zero-order valence-electron chi connectivity index (χ0n) is 39.5. The SMILES string of the molecule is [C-]#[N+]c1cccc(-c2ccc(-c3nc(-c4cc(-n5c6ccccc6c6ccccc65)ccc4-c4cccc(C#N)c4)nc(-c4cc(-n5c6ccccc6c6ccccc65)ccc4-c4cccc([N+]#[C-])c4)n3)cc2)c1. The molecule has 8 heteroatoms. The van der Waals surface area contributed by atoms with Gasteiger partial charge in [0.05, 0.1) is 46.8 Å². The molecule has 0 aliphatic carbocycles. The number of nitrogens with zero attached hydrogens (tertiary/aromatic N) is 8. The molecule has 342 valence electrons. The summed E-state index contributed by atoms with van der Waals surface area (Å²) in [6.07, 6.45) is 0. The molecular formula is C66H38N8. The van der Waals surface area contributed by atoms with Gasteiger partial charge in [0.2, 0.25) is 0 Å². The average Bonchev–Trinajstić information content (AvgIpc) is 4.00. The fraction of sp³-hybridized carbons (Fsp3) is 0. The fourth-order valence-corrected chi connectivity index (χ4v) is 10.4. The molecule has 0 spiro atoms. The molecular weight excluding hydrogens is 905 g/mol. The largest absolute Gasteiger partial charge is 0.309 e. The van der Waals surface area contributed by atoms with Crippen molar-refractivity contribution < 1.29 is 0 Å². The van der Waals surface area contributed by atoms with Gasteiger partial charge in [-0.25, -0.2) is 24.6 Å². The molecule has 0 fully saturated rings. The Hall–Kier alpha value is -10.7. The molecule has 0 radical (unpaired) electrons. The molecule has 0 amide bonds. The van der Waals surface area contributed by atoms with Crippen molar-refractivity contribution in [3.63, 3.8) is 0 Å². The van der Waals surface area contributed by atoms with Gasteiger partial charge in [-0.15, -0.1) is 0 Å². The van der Waals surface area contributed by atoms with Crippen LogP contribution in [0, 0.1) is 24.5 Å². The van der Waals surface area contributed by atoms with Crippen LogP contribution in [0.1, 0.15) is 5.56 Å². The number of benzene rings is 10. The lowest BCUT2D eigenvalue weighted by Crippen LogP contribution is -2.04. The van der Waals surface area contributed by atoms with E-state index < -0.39 is 0 Å². The van der Waals surface area contributed by atoms with Crippen molar-refractivity contribution in [2.75, 3.05) is 0 Å². The first-order chi connectivity index (χ1) is 36.5. The first kappa shape index (κ1) is 43.3. The second-order valence-electron chi connectivity index (χ2n) is 18.1. The van der Waals surface area contributed by atoms with Crippen LogP contribution in [0.25, 0.3) is 132 Å². The Morgan fingerprint density at radius 1 is 0.338 bits per heavy atom. The Kier molecular flexibility index (Phi) is 10.5. The standard InChI is InChI=1S/C66H38N8/c1-68-48-18-12-15-45(37-48)43-28-30-44(31-29-43)64-70-65(58-39-50(32-34-52(58)46-16-11-14-42(36-46)41-67)73-60-24-7-3-20-54(60)55-21-4-8-25-61(55)73)72-66(71-64)59-40-51(33-35-53(59)47-17-13-19-49(38-47)69-2)74-62-26-9-5-22-56(62)57-23-6-10-27-63(57)74/h3-40H. The minimum atomic E-state index is 0.432. The summed E-state index contributed by atoms with van der Waals surface area (Å²) < 4.78 is 4.57. The van der Waals surface area contributed by atoms with Crippen molar-refractivity contribution in [1.29, 1.82) is 5.26 Å². The van der Waals surface area contributed by atoms with Crippen LogP contribution in [-0.2, 0) is 0 Å². The van der Waals surface area contributed by atoms with Crippen LogP contribution in [0.3, 0.4) is 0 Å². The van der Waals surface area contributed by atoms with Crippen molar-refractivity contribution in [1.82, 2.24) is 24.1 Å². The van der Waals surface area contributed by atoms with Crippen LogP contribution in [0.15, 0.2) is 231 Å². The number of hydrogen-bond acceptors (Lipinski definition) is 4. The molecule has 10 aromatic carbocycles. The summed E-state index contributed by atoms with van der Waals surface area (Å²) in [7, 11) is 0. The van der Waals surface area contributed by atoms with Crippen molar-refractivity contribution in [3.05, 3.63) is 259 Å². The van der Waals surface area contributed by atoms with Crippen molar-refractivity contribution in [2.45, 2.75) is 0 Å². The highest BCUT2D eigenvalue weighted by Crippen LogP contribution is 2.41. The molecule has 0 aliphatic rings. The lowest BCUT2D eigenvalue weighted by molar-refractivity contribution is 1.07. The second-order valence-corrected chi connectivity index (χ2v) is 18.1. The summed E-state index contributed by atoms with van der Waals surface area (Å²) in [5.41, 5.74) is 15.2.